The number of carbonyl (C=O) groups excluding carboxylic acids is 1. The maximum absolute atomic E-state index is 12.8. The second-order valence-electron chi connectivity index (χ2n) is 9.33. The Bertz CT molecular complexity index is 735. The van der Waals surface area contributed by atoms with Crippen LogP contribution in [0.2, 0.25) is 0 Å². The summed E-state index contributed by atoms with van der Waals surface area (Å²) < 4.78 is 38.5. The summed E-state index contributed by atoms with van der Waals surface area (Å²) in [6, 6.07) is 5.68. The number of fused-ring (bicyclic) bond motifs is 1. The molecule has 162 valence electrons. The predicted octanol–water partition coefficient (Wildman–Crippen LogP) is 4.32. The van der Waals surface area contributed by atoms with Crippen LogP contribution in [0.25, 0.3) is 0 Å². The van der Waals surface area contributed by atoms with Crippen LogP contribution in [0.1, 0.15) is 57.3 Å². The Hall–Kier alpha value is -1.60. The monoisotopic (exact) mass is 412 g/mol. The number of hydrogen-bond donors (Lipinski definition) is 1. The number of alkyl halides is 3. The van der Waals surface area contributed by atoms with E-state index < -0.39 is 23.6 Å². The SMILES string of the molecule is CC(C)(C)C(=O)N1CCCc2cc([C@H](O)CN3CCC(C(F)(F)F)CC3)ccc21. The molecule has 4 nitrogen and oxygen atoms in total. The van der Waals surface area contributed by atoms with E-state index in [0.29, 0.717) is 26.2 Å². The molecule has 1 saturated heterocycles. The largest absolute Gasteiger partial charge is 0.391 e. The molecule has 1 aromatic rings. The molecule has 0 saturated carbocycles. The van der Waals surface area contributed by atoms with Crippen LogP contribution in [-0.2, 0) is 11.2 Å². The van der Waals surface area contributed by atoms with Crippen LogP contribution < -0.4 is 4.90 Å². The molecule has 0 radical (unpaired) electrons. The molecule has 1 N–H and O–H groups in total. The van der Waals surface area contributed by atoms with E-state index in [-0.39, 0.29) is 18.7 Å². The van der Waals surface area contributed by atoms with Gasteiger partial charge in [0, 0.05) is 24.2 Å². The lowest BCUT2D eigenvalue weighted by Gasteiger charge is -2.35. The van der Waals surface area contributed by atoms with Gasteiger partial charge in [-0.1, -0.05) is 32.9 Å². The third-order valence-electron chi connectivity index (χ3n) is 5.98. The fourth-order valence-electron chi connectivity index (χ4n) is 4.23. The van der Waals surface area contributed by atoms with E-state index >= 15 is 0 Å². The lowest BCUT2D eigenvalue weighted by Crippen LogP contribution is -2.42. The van der Waals surface area contributed by atoms with Crippen molar-refractivity contribution in [2.45, 2.75) is 58.7 Å². The number of likely N-dealkylation sites (tertiary alicyclic amines) is 1. The lowest BCUT2D eigenvalue weighted by atomic mass is 9.91. The zero-order chi connectivity index (χ0) is 21.4. The summed E-state index contributed by atoms with van der Waals surface area (Å²) >= 11 is 0. The van der Waals surface area contributed by atoms with Crippen molar-refractivity contribution in [3.8, 4) is 0 Å². The summed E-state index contributed by atoms with van der Waals surface area (Å²) in [6.07, 6.45) is -2.98. The van der Waals surface area contributed by atoms with E-state index in [0.717, 1.165) is 29.7 Å². The highest BCUT2D eigenvalue weighted by atomic mass is 19.4. The van der Waals surface area contributed by atoms with Gasteiger partial charge in [-0.25, -0.2) is 0 Å². The van der Waals surface area contributed by atoms with Crippen LogP contribution in [0.5, 0.6) is 0 Å². The quantitative estimate of drug-likeness (QED) is 0.804. The molecular formula is C22H31F3N2O2. The summed E-state index contributed by atoms with van der Waals surface area (Å²) in [7, 11) is 0. The first-order chi connectivity index (χ1) is 13.5. The topological polar surface area (TPSA) is 43.8 Å². The standard InChI is InChI=1S/C22H31F3N2O2/c1-21(2,3)20(29)27-10-4-5-15-13-16(6-7-18(15)27)19(28)14-26-11-8-17(9-12-26)22(23,24)25/h6-7,13,17,19,28H,4-5,8-12,14H2,1-3H3/t19-/m1/s1. The number of nitrogens with zero attached hydrogens (tertiary/aromatic N) is 2. The molecule has 2 heterocycles. The molecule has 1 fully saturated rings. The number of rotatable bonds is 3. The molecule has 29 heavy (non-hydrogen) atoms. The van der Waals surface area contributed by atoms with Crippen molar-refractivity contribution in [3.05, 3.63) is 29.3 Å². The molecule has 0 aromatic heterocycles. The Morgan fingerprint density at radius 3 is 2.41 bits per heavy atom. The molecule has 0 bridgehead atoms. The van der Waals surface area contributed by atoms with Gasteiger partial charge in [0.2, 0.25) is 5.91 Å². The minimum Gasteiger partial charge on any atom is -0.387 e. The smallest absolute Gasteiger partial charge is 0.387 e. The van der Waals surface area contributed by atoms with Crippen molar-refractivity contribution >= 4 is 11.6 Å². The first kappa shape index (κ1) is 22.1. The Balaban J connectivity index is 1.66. The maximum atomic E-state index is 12.8. The van der Waals surface area contributed by atoms with E-state index in [2.05, 4.69) is 0 Å². The highest BCUT2D eigenvalue weighted by Gasteiger charge is 2.41. The maximum Gasteiger partial charge on any atom is 0.391 e. The number of hydrogen-bond acceptors (Lipinski definition) is 3. The highest BCUT2D eigenvalue weighted by Crippen LogP contribution is 2.35. The Kier molecular flexibility index (Phi) is 6.30. The van der Waals surface area contributed by atoms with Crippen LogP contribution in [0.15, 0.2) is 18.2 Å². The van der Waals surface area contributed by atoms with Gasteiger partial charge in [0.25, 0.3) is 0 Å². The van der Waals surface area contributed by atoms with Crippen LogP contribution in [-0.4, -0.2) is 48.3 Å². The summed E-state index contributed by atoms with van der Waals surface area (Å²) in [5, 5.41) is 10.7. The van der Waals surface area contributed by atoms with E-state index in [1.54, 1.807) is 0 Å². The van der Waals surface area contributed by atoms with Gasteiger partial charge in [-0.2, -0.15) is 13.2 Å². The number of aliphatic hydroxyl groups is 1. The van der Waals surface area contributed by atoms with Gasteiger partial charge in [-0.3, -0.25) is 4.79 Å². The molecule has 3 rings (SSSR count). The minimum absolute atomic E-state index is 0.0827. The minimum atomic E-state index is -4.13. The van der Waals surface area contributed by atoms with Crippen LogP contribution in [0, 0.1) is 11.3 Å². The number of β-amino-alcohol motifs (C(OH)–C–C–N with tert-alkyl or cyclic N) is 1. The summed E-state index contributed by atoms with van der Waals surface area (Å²) in [5.74, 6) is -1.15. The fourth-order valence-corrected chi connectivity index (χ4v) is 4.23. The highest BCUT2D eigenvalue weighted by molar-refractivity contribution is 5.98. The number of aryl methyl sites for hydroxylation is 1. The van der Waals surface area contributed by atoms with Gasteiger partial charge in [0.1, 0.15) is 0 Å². The van der Waals surface area contributed by atoms with Gasteiger partial charge >= 0.3 is 6.18 Å². The predicted molar refractivity (Wildman–Crippen MR) is 107 cm³/mol. The zero-order valence-corrected chi connectivity index (χ0v) is 17.4. The normalized spacial score (nSPS) is 20.4. The van der Waals surface area contributed by atoms with E-state index in [1.165, 1.54) is 0 Å². The van der Waals surface area contributed by atoms with E-state index in [1.807, 2.05) is 48.8 Å². The van der Waals surface area contributed by atoms with Crippen LogP contribution in [0.4, 0.5) is 18.9 Å². The first-order valence-corrected chi connectivity index (χ1v) is 10.4. The number of carbonyl (C=O) groups is 1. The van der Waals surface area contributed by atoms with Gasteiger partial charge < -0.3 is 14.9 Å². The van der Waals surface area contributed by atoms with Gasteiger partial charge in [0.05, 0.1) is 12.0 Å². The van der Waals surface area contributed by atoms with E-state index in [9.17, 15) is 23.1 Å². The Morgan fingerprint density at radius 1 is 1.17 bits per heavy atom. The van der Waals surface area contributed by atoms with Crippen molar-refractivity contribution in [1.29, 1.82) is 0 Å². The first-order valence-electron chi connectivity index (χ1n) is 10.4. The van der Waals surface area contributed by atoms with Gasteiger partial charge in [-0.05, 0) is 56.0 Å². The average Bonchev–Trinajstić information content (AvgIpc) is 2.65. The van der Waals surface area contributed by atoms with Gasteiger partial charge in [-0.15, -0.1) is 0 Å². The van der Waals surface area contributed by atoms with Crippen LogP contribution >= 0.6 is 0 Å². The average molecular weight is 412 g/mol. The number of piperidine rings is 1. The van der Waals surface area contributed by atoms with Crippen molar-refractivity contribution in [2.24, 2.45) is 11.3 Å². The summed E-state index contributed by atoms with van der Waals surface area (Å²) in [6.45, 7) is 7.43. The van der Waals surface area contributed by atoms with Crippen molar-refractivity contribution < 1.29 is 23.1 Å². The second kappa shape index (κ2) is 8.26. The third kappa shape index (κ3) is 5.12. The number of amides is 1. The van der Waals surface area contributed by atoms with E-state index in [4.69, 9.17) is 0 Å². The van der Waals surface area contributed by atoms with Crippen LogP contribution in [0.3, 0.4) is 0 Å². The van der Waals surface area contributed by atoms with Crippen molar-refractivity contribution in [3.63, 3.8) is 0 Å². The lowest BCUT2D eigenvalue weighted by molar-refractivity contribution is -0.185. The summed E-state index contributed by atoms with van der Waals surface area (Å²) in [4.78, 5) is 16.5. The Morgan fingerprint density at radius 2 is 1.83 bits per heavy atom. The number of halogens is 3. The number of aliphatic hydroxyl groups excluding tert-OH is 1. The summed E-state index contributed by atoms with van der Waals surface area (Å²) in [5.41, 5.74) is 2.24. The molecule has 1 amide bonds. The third-order valence-corrected chi connectivity index (χ3v) is 5.98. The molecule has 1 aromatic carbocycles. The Labute approximate surface area is 170 Å². The number of anilines is 1. The molecular weight excluding hydrogens is 381 g/mol. The molecule has 2 aliphatic rings. The molecule has 0 unspecified atom stereocenters. The molecule has 0 spiro atoms. The zero-order valence-electron chi connectivity index (χ0n) is 17.4. The van der Waals surface area contributed by atoms with Crippen molar-refractivity contribution in [1.82, 2.24) is 4.90 Å². The molecule has 7 heteroatoms. The second-order valence-corrected chi connectivity index (χ2v) is 9.33. The van der Waals surface area contributed by atoms with Crippen molar-refractivity contribution in [2.75, 3.05) is 31.1 Å². The fraction of sp³-hybridized carbons (Fsp3) is 0.682. The van der Waals surface area contributed by atoms with Gasteiger partial charge in [0.15, 0.2) is 0 Å². The molecule has 2 aliphatic heterocycles. The number of benzene rings is 1. The molecule has 1 atom stereocenters. The molecule has 0 aliphatic carbocycles.